The number of aromatic nitrogens is 3. The number of nitrogens with two attached hydrogens (primary N) is 1. The van der Waals surface area contributed by atoms with Crippen LogP contribution in [0, 0.1) is 6.92 Å². The largest absolute Gasteiger partial charge is 0.384 e. The van der Waals surface area contributed by atoms with Gasteiger partial charge in [-0.15, -0.1) is 0 Å². The van der Waals surface area contributed by atoms with Crippen molar-refractivity contribution < 1.29 is 0 Å². The molecular weight excluding hydrogens is 224 g/mol. The first-order valence-corrected chi connectivity index (χ1v) is 5.81. The molecule has 2 aromatic heterocycles. The number of nitrogens with zero attached hydrogens (tertiary/aromatic N) is 3. The van der Waals surface area contributed by atoms with Crippen LogP contribution in [0.4, 0.5) is 5.82 Å². The minimum absolute atomic E-state index is 0.510. The molecule has 0 saturated heterocycles. The Morgan fingerprint density at radius 3 is 2.72 bits per heavy atom. The van der Waals surface area contributed by atoms with Crippen LogP contribution in [0.15, 0.2) is 36.4 Å². The fourth-order valence-corrected chi connectivity index (χ4v) is 2.11. The van der Waals surface area contributed by atoms with Gasteiger partial charge in [-0.05, 0) is 36.8 Å². The number of imidazole rings is 1. The van der Waals surface area contributed by atoms with Crippen LogP contribution in [0.3, 0.4) is 0 Å². The summed E-state index contributed by atoms with van der Waals surface area (Å²) in [6, 6.07) is 11.8. The van der Waals surface area contributed by atoms with Crippen LogP contribution in [-0.4, -0.2) is 14.5 Å². The van der Waals surface area contributed by atoms with Crippen LogP contribution in [0.2, 0.25) is 0 Å². The maximum Gasteiger partial charge on any atom is 0.159 e. The highest BCUT2D eigenvalue weighted by Gasteiger charge is 2.10. The lowest BCUT2D eigenvalue weighted by atomic mass is 10.2. The fraction of sp³-hybridized carbons (Fsp3) is 0.143. The van der Waals surface area contributed by atoms with Gasteiger partial charge in [-0.1, -0.05) is 12.1 Å². The number of benzene rings is 1. The van der Waals surface area contributed by atoms with E-state index in [2.05, 4.69) is 35.1 Å². The molecule has 0 amide bonds. The summed E-state index contributed by atoms with van der Waals surface area (Å²) >= 11 is 0. The molecule has 1 aromatic carbocycles. The van der Waals surface area contributed by atoms with Gasteiger partial charge in [0.2, 0.25) is 0 Å². The number of rotatable bonds is 1. The lowest BCUT2D eigenvalue weighted by molar-refractivity contribution is 0.951. The third-order valence-electron chi connectivity index (χ3n) is 3.04. The summed E-state index contributed by atoms with van der Waals surface area (Å²) in [5, 5.41) is 0. The second kappa shape index (κ2) is 3.84. The number of hydrogen-bond acceptors (Lipinski definition) is 3. The summed E-state index contributed by atoms with van der Waals surface area (Å²) < 4.78 is 2.04. The summed E-state index contributed by atoms with van der Waals surface area (Å²) in [7, 11) is 1.99. The van der Waals surface area contributed by atoms with E-state index in [0.29, 0.717) is 5.82 Å². The summed E-state index contributed by atoms with van der Waals surface area (Å²) in [5.41, 5.74) is 9.80. The summed E-state index contributed by atoms with van der Waals surface area (Å²) in [4.78, 5) is 8.95. The average Bonchev–Trinajstić information content (AvgIpc) is 2.66. The average molecular weight is 238 g/mol. The van der Waals surface area contributed by atoms with E-state index in [1.165, 1.54) is 5.56 Å². The Balaban J connectivity index is 2.27. The van der Waals surface area contributed by atoms with Crippen molar-refractivity contribution in [1.29, 1.82) is 0 Å². The SMILES string of the molecule is Cc1ccc2c(c1)nc(-c1cccc(N)n1)n2C. The molecule has 0 bridgehead atoms. The normalized spacial score (nSPS) is 11.0. The minimum atomic E-state index is 0.510. The highest BCUT2D eigenvalue weighted by Crippen LogP contribution is 2.23. The first kappa shape index (κ1) is 10.8. The van der Waals surface area contributed by atoms with Crippen molar-refractivity contribution in [2.45, 2.75) is 6.92 Å². The van der Waals surface area contributed by atoms with Crippen molar-refractivity contribution in [2.75, 3.05) is 5.73 Å². The molecule has 0 spiro atoms. The number of nitrogen functional groups attached to an aromatic ring is 1. The van der Waals surface area contributed by atoms with E-state index in [1.54, 1.807) is 6.07 Å². The first-order valence-electron chi connectivity index (χ1n) is 5.81. The molecule has 4 nitrogen and oxygen atoms in total. The van der Waals surface area contributed by atoms with E-state index in [1.807, 2.05) is 23.7 Å². The van der Waals surface area contributed by atoms with E-state index in [0.717, 1.165) is 22.6 Å². The van der Waals surface area contributed by atoms with Crippen LogP contribution in [-0.2, 0) is 7.05 Å². The van der Waals surface area contributed by atoms with Gasteiger partial charge >= 0.3 is 0 Å². The molecule has 0 radical (unpaired) electrons. The summed E-state index contributed by atoms with van der Waals surface area (Å²) in [6.07, 6.45) is 0. The Morgan fingerprint density at radius 1 is 1.11 bits per heavy atom. The first-order chi connectivity index (χ1) is 8.65. The zero-order valence-electron chi connectivity index (χ0n) is 10.4. The molecule has 0 fully saturated rings. The predicted octanol–water partition coefficient (Wildman–Crippen LogP) is 2.53. The molecule has 3 aromatic rings. The molecule has 0 aliphatic rings. The molecule has 90 valence electrons. The van der Waals surface area contributed by atoms with Crippen LogP contribution >= 0.6 is 0 Å². The van der Waals surface area contributed by atoms with E-state index in [9.17, 15) is 0 Å². The Kier molecular flexibility index (Phi) is 2.30. The van der Waals surface area contributed by atoms with Gasteiger partial charge in [-0.3, -0.25) is 0 Å². The Bertz CT molecular complexity index is 728. The van der Waals surface area contributed by atoms with Gasteiger partial charge in [-0.25, -0.2) is 9.97 Å². The predicted molar refractivity (Wildman–Crippen MR) is 73.1 cm³/mol. The molecule has 0 unspecified atom stereocenters. The standard InChI is InChI=1S/C14H14N4/c1-9-6-7-12-11(8-9)17-14(18(12)2)10-4-3-5-13(15)16-10/h3-8H,1-2H3,(H2,15,16). The molecule has 18 heavy (non-hydrogen) atoms. The number of pyridine rings is 1. The maximum atomic E-state index is 5.72. The lowest BCUT2D eigenvalue weighted by Crippen LogP contribution is -1.97. The van der Waals surface area contributed by atoms with Crippen LogP contribution in [0.5, 0.6) is 0 Å². The van der Waals surface area contributed by atoms with Gasteiger partial charge in [0, 0.05) is 7.05 Å². The molecular formula is C14H14N4. The Hall–Kier alpha value is -2.36. The van der Waals surface area contributed by atoms with Crippen LogP contribution in [0.25, 0.3) is 22.6 Å². The van der Waals surface area contributed by atoms with Gasteiger partial charge in [0.25, 0.3) is 0 Å². The monoisotopic (exact) mass is 238 g/mol. The second-order valence-corrected chi connectivity index (χ2v) is 4.43. The van der Waals surface area contributed by atoms with Crippen molar-refractivity contribution in [3.8, 4) is 11.5 Å². The topological polar surface area (TPSA) is 56.7 Å². The highest BCUT2D eigenvalue weighted by molar-refractivity contribution is 5.80. The number of aryl methyl sites for hydroxylation is 2. The van der Waals surface area contributed by atoms with Crippen LogP contribution in [0.1, 0.15) is 5.56 Å². The highest BCUT2D eigenvalue weighted by atomic mass is 15.1. The summed E-state index contributed by atoms with van der Waals surface area (Å²) in [6.45, 7) is 2.06. The van der Waals surface area contributed by atoms with Crippen molar-refractivity contribution >= 4 is 16.9 Å². The molecule has 0 aliphatic heterocycles. The van der Waals surface area contributed by atoms with Gasteiger partial charge in [0.1, 0.15) is 11.5 Å². The van der Waals surface area contributed by atoms with Crippen LogP contribution < -0.4 is 5.73 Å². The molecule has 3 rings (SSSR count). The maximum absolute atomic E-state index is 5.72. The van der Waals surface area contributed by atoms with Gasteiger partial charge < -0.3 is 10.3 Å². The Labute approximate surface area is 105 Å². The van der Waals surface area contributed by atoms with Gasteiger partial charge in [-0.2, -0.15) is 0 Å². The van der Waals surface area contributed by atoms with E-state index >= 15 is 0 Å². The fourth-order valence-electron chi connectivity index (χ4n) is 2.11. The molecule has 2 N–H and O–H groups in total. The molecule has 0 aliphatic carbocycles. The van der Waals surface area contributed by atoms with Crippen molar-refractivity contribution in [2.24, 2.45) is 7.05 Å². The smallest absolute Gasteiger partial charge is 0.159 e. The minimum Gasteiger partial charge on any atom is -0.384 e. The number of fused-ring (bicyclic) bond motifs is 1. The van der Waals surface area contributed by atoms with Crippen molar-refractivity contribution in [1.82, 2.24) is 14.5 Å². The second-order valence-electron chi connectivity index (χ2n) is 4.43. The van der Waals surface area contributed by atoms with Gasteiger partial charge in [0.15, 0.2) is 5.82 Å². The molecule has 2 heterocycles. The van der Waals surface area contributed by atoms with E-state index in [4.69, 9.17) is 5.73 Å². The lowest BCUT2D eigenvalue weighted by Gasteiger charge is -2.02. The third-order valence-corrected chi connectivity index (χ3v) is 3.04. The third kappa shape index (κ3) is 1.62. The van der Waals surface area contributed by atoms with E-state index in [-0.39, 0.29) is 0 Å². The Morgan fingerprint density at radius 2 is 1.94 bits per heavy atom. The number of anilines is 1. The van der Waals surface area contributed by atoms with Crippen molar-refractivity contribution in [3.63, 3.8) is 0 Å². The van der Waals surface area contributed by atoms with Crippen molar-refractivity contribution in [3.05, 3.63) is 42.0 Å². The van der Waals surface area contributed by atoms with E-state index < -0.39 is 0 Å². The molecule has 4 heteroatoms. The van der Waals surface area contributed by atoms with Gasteiger partial charge in [0.05, 0.1) is 11.0 Å². The zero-order valence-corrected chi connectivity index (χ0v) is 10.4. The molecule has 0 atom stereocenters. The molecule has 0 saturated carbocycles. The number of hydrogen-bond donors (Lipinski definition) is 1. The summed E-state index contributed by atoms with van der Waals surface area (Å²) in [5.74, 6) is 1.35. The zero-order chi connectivity index (χ0) is 12.7. The quantitative estimate of drug-likeness (QED) is 0.708.